The third-order valence-electron chi connectivity index (χ3n) is 4.81. The van der Waals surface area contributed by atoms with Crippen LogP contribution in [0, 0.1) is 10.8 Å². The van der Waals surface area contributed by atoms with Crippen LogP contribution in [0.3, 0.4) is 0 Å². The molecule has 1 fully saturated rings. The number of hydrogen-bond acceptors (Lipinski definition) is 6. The lowest BCUT2D eigenvalue weighted by Gasteiger charge is -2.16. The molecule has 3 rings (SSSR count). The molecule has 6 heteroatoms. The molecule has 0 unspecified atom stereocenters. The maximum absolute atomic E-state index is 7.71. The average molecular weight is 377 g/mol. The predicted octanol–water partition coefficient (Wildman–Crippen LogP) is 3.93. The molecule has 0 aliphatic carbocycles. The van der Waals surface area contributed by atoms with Gasteiger partial charge in [-0.1, -0.05) is 0 Å². The molecule has 5 N–H and O–H groups in total. The number of nitrogens with one attached hydrogen (secondary N) is 3. The molecule has 0 atom stereocenters. The summed E-state index contributed by atoms with van der Waals surface area (Å²) < 4.78 is 5.91. The molecule has 1 aliphatic heterocycles. The molecule has 2 aromatic carbocycles. The summed E-state index contributed by atoms with van der Waals surface area (Å²) in [4.78, 5) is 2.46. The number of nitrogens with two attached hydrogens (primary N) is 1. The van der Waals surface area contributed by atoms with E-state index in [-0.39, 0.29) is 0 Å². The van der Waals surface area contributed by atoms with Crippen molar-refractivity contribution in [2.45, 2.75) is 12.8 Å². The minimum absolute atomic E-state index is 0.539. The lowest BCUT2D eigenvalue weighted by atomic mass is 10.1. The number of anilines is 1. The van der Waals surface area contributed by atoms with E-state index < -0.39 is 0 Å². The van der Waals surface area contributed by atoms with Crippen molar-refractivity contribution < 1.29 is 4.74 Å². The van der Waals surface area contributed by atoms with E-state index in [1.165, 1.54) is 38.4 Å². The standard InChI is InChI=1S/C22H27N5O/c23-10-9-21(25)17-3-5-19(6-4-17)28-20-7-8-22(18(15-20)16-24)26-11-14-27-12-1-2-13-27/h3-10,15-16,23-24,26H,1-2,11-14,25H2/b21-9-,23-10?,24-16?. The first-order valence-electron chi connectivity index (χ1n) is 9.55. The van der Waals surface area contributed by atoms with Gasteiger partial charge in [0.15, 0.2) is 0 Å². The van der Waals surface area contributed by atoms with E-state index in [9.17, 15) is 0 Å². The number of benzene rings is 2. The van der Waals surface area contributed by atoms with Crippen molar-refractivity contribution in [3.05, 3.63) is 59.7 Å². The van der Waals surface area contributed by atoms with Gasteiger partial charge in [0.2, 0.25) is 0 Å². The molecule has 146 valence electrons. The molecule has 0 radical (unpaired) electrons. The molecule has 0 amide bonds. The van der Waals surface area contributed by atoms with E-state index in [1.807, 2.05) is 42.5 Å². The number of hydrogen-bond donors (Lipinski definition) is 4. The summed E-state index contributed by atoms with van der Waals surface area (Å²) >= 11 is 0. The summed E-state index contributed by atoms with van der Waals surface area (Å²) in [6.07, 6.45) is 6.65. The van der Waals surface area contributed by atoms with Crippen molar-refractivity contribution in [2.75, 3.05) is 31.5 Å². The van der Waals surface area contributed by atoms with Crippen LogP contribution in [-0.4, -0.2) is 43.5 Å². The number of nitrogens with zero attached hydrogens (tertiary/aromatic N) is 1. The van der Waals surface area contributed by atoms with Crippen LogP contribution >= 0.6 is 0 Å². The zero-order valence-corrected chi connectivity index (χ0v) is 15.9. The van der Waals surface area contributed by atoms with Crippen molar-refractivity contribution >= 4 is 23.8 Å². The van der Waals surface area contributed by atoms with Crippen LogP contribution in [0.1, 0.15) is 24.0 Å². The van der Waals surface area contributed by atoms with Crippen LogP contribution < -0.4 is 15.8 Å². The van der Waals surface area contributed by atoms with Crippen LogP contribution in [0.25, 0.3) is 5.70 Å². The third kappa shape index (κ3) is 5.20. The van der Waals surface area contributed by atoms with Crippen molar-refractivity contribution in [2.24, 2.45) is 5.73 Å². The number of allylic oxidation sites excluding steroid dienone is 1. The Kier molecular flexibility index (Phi) is 6.81. The first-order chi connectivity index (χ1) is 13.7. The van der Waals surface area contributed by atoms with Crippen LogP contribution in [0.5, 0.6) is 11.5 Å². The highest BCUT2D eigenvalue weighted by molar-refractivity contribution is 5.86. The minimum Gasteiger partial charge on any atom is -0.457 e. The largest absolute Gasteiger partial charge is 0.457 e. The number of ether oxygens (including phenoxy) is 1. The Morgan fingerprint density at radius 3 is 2.46 bits per heavy atom. The Morgan fingerprint density at radius 1 is 1.07 bits per heavy atom. The summed E-state index contributed by atoms with van der Waals surface area (Å²) in [5, 5.41) is 18.2. The molecule has 0 spiro atoms. The molecule has 1 aliphatic rings. The zero-order valence-electron chi connectivity index (χ0n) is 15.9. The topological polar surface area (TPSA) is 98.2 Å². The zero-order chi connectivity index (χ0) is 19.8. The van der Waals surface area contributed by atoms with E-state index in [0.29, 0.717) is 17.2 Å². The molecule has 1 heterocycles. The van der Waals surface area contributed by atoms with Crippen LogP contribution in [-0.2, 0) is 0 Å². The van der Waals surface area contributed by atoms with Crippen molar-refractivity contribution in [3.63, 3.8) is 0 Å². The fourth-order valence-corrected chi connectivity index (χ4v) is 3.28. The van der Waals surface area contributed by atoms with Crippen LogP contribution in [0.4, 0.5) is 5.69 Å². The van der Waals surface area contributed by atoms with Gasteiger partial charge in [0.1, 0.15) is 11.5 Å². The first kappa shape index (κ1) is 19.6. The lowest BCUT2D eigenvalue weighted by Crippen LogP contribution is -2.26. The highest BCUT2D eigenvalue weighted by Gasteiger charge is 2.11. The summed E-state index contributed by atoms with van der Waals surface area (Å²) in [5.74, 6) is 1.37. The Labute approximate surface area is 166 Å². The van der Waals surface area contributed by atoms with E-state index in [2.05, 4.69) is 10.2 Å². The SMILES string of the molecule is N=C/C=C(\N)c1ccc(Oc2ccc(NCCN3CCCC3)c(C=N)c2)cc1. The highest BCUT2D eigenvalue weighted by Crippen LogP contribution is 2.26. The van der Waals surface area contributed by atoms with Gasteiger partial charge in [0, 0.05) is 42.5 Å². The average Bonchev–Trinajstić information content (AvgIpc) is 3.23. The molecule has 2 aromatic rings. The molecule has 0 saturated carbocycles. The predicted molar refractivity (Wildman–Crippen MR) is 116 cm³/mol. The molecular weight excluding hydrogens is 350 g/mol. The quantitative estimate of drug-likeness (QED) is 0.498. The normalized spacial score (nSPS) is 14.6. The Balaban J connectivity index is 1.62. The van der Waals surface area contributed by atoms with E-state index >= 15 is 0 Å². The van der Waals surface area contributed by atoms with Gasteiger partial charge in [0.25, 0.3) is 0 Å². The van der Waals surface area contributed by atoms with Gasteiger partial charge in [-0.2, -0.15) is 0 Å². The molecule has 1 saturated heterocycles. The first-order valence-corrected chi connectivity index (χ1v) is 9.55. The second-order valence-corrected chi connectivity index (χ2v) is 6.78. The summed E-state index contributed by atoms with van der Waals surface area (Å²) in [7, 11) is 0. The Hall–Kier alpha value is -3.12. The highest BCUT2D eigenvalue weighted by atomic mass is 16.5. The van der Waals surface area contributed by atoms with Crippen LogP contribution in [0.15, 0.2) is 48.5 Å². The van der Waals surface area contributed by atoms with Crippen molar-refractivity contribution in [1.82, 2.24) is 4.90 Å². The molecule has 6 nitrogen and oxygen atoms in total. The van der Waals surface area contributed by atoms with Gasteiger partial charge in [-0.3, -0.25) is 0 Å². The van der Waals surface area contributed by atoms with E-state index in [0.717, 1.165) is 29.9 Å². The molecule has 28 heavy (non-hydrogen) atoms. The fraction of sp³-hybridized carbons (Fsp3) is 0.273. The van der Waals surface area contributed by atoms with Gasteiger partial charge in [-0.25, -0.2) is 0 Å². The molecule has 0 bridgehead atoms. The van der Waals surface area contributed by atoms with Gasteiger partial charge >= 0.3 is 0 Å². The van der Waals surface area contributed by atoms with Gasteiger partial charge in [-0.05, 0) is 80.0 Å². The van der Waals surface area contributed by atoms with Gasteiger partial charge in [0.05, 0.1) is 0 Å². The summed E-state index contributed by atoms with van der Waals surface area (Å²) in [6, 6.07) is 13.1. The second-order valence-electron chi connectivity index (χ2n) is 6.78. The van der Waals surface area contributed by atoms with E-state index in [1.54, 1.807) is 6.08 Å². The molecular formula is C22H27N5O. The third-order valence-corrected chi connectivity index (χ3v) is 4.81. The second kappa shape index (κ2) is 9.71. The summed E-state index contributed by atoms with van der Waals surface area (Å²) in [5.41, 5.74) is 9.00. The van der Waals surface area contributed by atoms with Crippen molar-refractivity contribution in [3.8, 4) is 11.5 Å². The van der Waals surface area contributed by atoms with Gasteiger partial charge < -0.3 is 31.5 Å². The maximum atomic E-state index is 7.71. The maximum Gasteiger partial charge on any atom is 0.128 e. The van der Waals surface area contributed by atoms with Crippen LogP contribution in [0.2, 0.25) is 0 Å². The monoisotopic (exact) mass is 377 g/mol. The summed E-state index contributed by atoms with van der Waals surface area (Å²) in [6.45, 7) is 4.27. The lowest BCUT2D eigenvalue weighted by molar-refractivity contribution is 0.352. The smallest absolute Gasteiger partial charge is 0.128 e. The Morgan fingerprint density at radius 2 is 1.79 bits per heavy atom. The fourth-order valence-electron chi connectivity index (χ4n) is 3.28. The number of rotatable bonds is 9. The van der Waals surface area contributed by atoms with Crippen molar-refractivity contribution in [1.29, 1.82) is 10.8 Å². The van der Waals surface area contributed by atoms with Gasteiger partial charge in [-0.15, -0.1) is 0 Å². The minimum atomic E-state index is 0.539. The molecule has 0 aromatic heterocycles. The van der Waals surface area contributed by atoms with E-state index in [4.69, 9.17) is 21.3 Å². The Bertz CT molecular complexity index is 839. The number of likely N-dealkylation sites (tertiary alicyclic amines) is 1.